The summed E-state index contributed by atoms with van der Waals surface area (Å²) < 4.78 is 5.68. The van der Waals surface area contributed by atoms with Gasteiger partial charge in [-0.3, -0.25) is 4.90 Å². The summed E-state index contributed by atoms with van der Waals surface area (Å²) in [5.74, 6) is 0. The first-order valence-corrected chi connectivity index (χ1v) is 6.73. The van der Waals surface area contributed by atoms with Crippen molar-refractivity contribution in [1.29, 1.82) is 0 Å². The van der Waals surface area contributed by atoms with Crippen LogP contribution in [-0.4, -0.2) is 30.7 Å². The second kappa shape index (κ2) is 5.19. The van der Waals surface area contributed by atoms with Crippen molar-refractivity contribution in [3.8, 4) is 0 Å². The topological polar surface area (TPSA) is 12.5 Å². The highest BCUT2D eigenvalue weighted by molar-refractivity contribution is 5.28. The van der Waals surface area contributed by atoms with Gasteiger partial charge in [-0.05, 0) is 48.9 Å². The minimum Gasteiger partial charge on any atom is -0.378 e. The molecule has 1 radical (unpaired) electrons. The number of benzene rings is 1. The fourth-order valence-corrected chi connectivity index (χ4v) is 2.88. The lowest BCUT2D eigenvalue weighted by atomic mass is 9.99. The van der Waals surface area contributed by atoms with Crippen LogP contribution in [0, 0.1) is 6.07 Å². The third-order valence-electron chi connectivity index (χ3n) is 3.93. The molecule has 2 heterocycles. The van der Waals surface area contributed by atoms with E-state index in [1.807, 2.05) is 6.07 Å². The lowest BCUT2D eigenvalue weighted by Crippen LogP contribution is -2.32. The number of ether oxygens (including phenoxy) is 1. The summed E-state index contributed by atoms with van der Waals surface area (Å²) in [7, 11) is 0. The molecule has 0 aliphatic carbocycles. The lowest BCUT2D eigenvalue weighted by Gasteiger charge is -2.29. The van der Waals surface area contributed by atoms with Crippen molar-refractivity contribution in [1.82, 2.24) is 4.90 Å². The summed E-state index contributed by atoms with van der Waals surface area (Å²) in [4.78, 5) is 2.55. The maximum atomic E-state index is 5.68. The number of hydrogen-bond donors (Lipinski definition) is 0. The normalized spacial score (nSPS) is 24.8. The predicted octanol–water partition coefficient (Wildman–Crippen LogP) is 2.41. The molecule has 1 saturated heterocycles. The van der Waals surface area contributed by atoms with E-state index in [0.717, 1.165) is 13.2 Å². The Morgan fingerprint density at radius 1 is 1.41 bits per heavy atom. The van der Waals surface area contributed by atoms with Gasteiger partial charge in [0, 0.05) is 26.2 Å². The molecule has 0 amide bonds. The largest absolute Gasteiger partial charge is 0.378 e. The van der Waals surface area contributed by atoms with Crippen LogP contribution in [0.25, 0.3) is 0 Å². The molecule has 0 aromatic heterocycles. The van der Waals surface area contributed by atoms with Crippen LogP contribution in [0.15, 0.2) is 18.2 Å². The Morgan fingerprint density at radius 2 is 2.41 bits per heavy atom. The molecule has 2 aliphatic heterocycles. The molecular formula is C15H20NO. The summed E-state index contributed by atoms with van der Waals surface area (Å²) >= 11 is 0. The summed E-state index contributed by atoms with van der Waals surface area (Å²) in [6, 6.07) is 9.58. The maximum Gasteiger partial charge on any atom is 0.0588 e. The van der Waals surface area contributed by atoms with Gasteiger partial charge in [-0.15, -0.1) is 0 Å². The first-order valence-electron chi connectivity index (χ1n) is 6.73. The molecule has 0 bridgehead atoms. The third-order valence-corrected chi connectivity index (χ3v) is 3.93. The zero-order valence-corrected chi connectivity index (χ0v) is 10.3. The highest BCUT2D eigenvalue weighted by Gasteiger charge is 2.19. The van der Waals surface area contributed by atoms with Gasteiger partial charge in [0.15, 0.2) is 0 Å². The zero-order chi connectivity index (χ0) is 11.5. The second-order valence-electron chi connectivity index (χ2n) is 5.14. The van der Waals surface area contributed by atoms with Crippen molar-refractivity contribution in [3.63, 3.8) is 0 Å². The molecule has 1 fully saturated rings. The number of nitrogens with zero attached hydrogens (tertiary/aromatic N) is 1. The van der Waals surface area contributed by atoms with Crippen molar-refractivity contribution >= 4 is 0 Å². The Bertz CT molecular complexity index is 371. The van der Waals surface area contributed by atoms with Crippen molar-refractivity contribution in [3.05, 3.63) is 35.4 Å². The van der Waals surface area contributed by atoms with Crippen LogP contribution in [0.5, 0.6) is 0 Å². The van der Waals surface area contributed by atoms with Crippen LogP contribution in [0.2, 0.25) is 0 Å². The summed E-state index contributed by atoms with van der Waals surface area (Å²) in [5.41, 5.74) is 2.98. The molecule has 1 atom stereocenters. The minimum absolute atomic E-state index is 0.527. The van der Waals surface area contributed by atoms with E-state index in [1.54, 1.807) is 0 Å². The second-order valence-corrected chi connectivity index (χ2v) is 5.14. The van der Waals surface area contributed by atoms with Gasteiger partial charge < -0.3 is 4.74 Å². The van der Waals surface area contributed by atoms with Gasteiger partial charge in [0.05, 0.1) is 6.10 Å². The van der Waals surface area contributed by atoms with Crippen molar-refractivity contribution < 1.29 is 4.74 Å². The highest BCUT2D eigenvalue weighted by Crippen LogP contribution is 2.20. The molecule has 2 aliphatic rings. The van der Waals surface area contributed by atoms with Crippen LogP contribution in [0.4, 0.5) is 0 Å². The Kier molecular flexibility index (Phi) is 3.44. The molecule has 2 heteroatoms. The Hall–Kier alpha value is -0.860. The number of fused-ring (bicyclic) bond motifs is 1. The maximum absolute atomic E-state index is 5.68. The summed E-state index contributed by atoms with van der Waals surface area (Å²) in [6.45, 7) is 4.45. The first kappa shape index (κ1) is 11.2. The van der Waals surface area contributed by atoms with E-state index in [1.165, 1.54) is 49.9 Å². The van der Waals surface area contributed by atoms with Crippen LogP contribution in [0.3, 0.4) is 0 Å². The van der Waals surface area contributed by atoms with E-state index < -0.39 is 0 Å². The molecule has 0 saturated carbocycles. The molecule has 1 aromatic rings. The van der Waals surface area contributed by atoms with Crippen LogP contribution >= 0.6 is 0 Å². The Balaban J connectivity index is 1.53. The summed E-state index contributed by atoms with van der Waals surface area (Å²) in [6.07, 6.45) is 5.43. The van der Waals surface area contributed by atoms with Gasteiger partial charge >= 0.3 is 0 Å². The van der Waals surface area contributed by atoms with E-state index in [2.05, 4.69) is 23.1 Å². The Morgan fingerprint density at radius 3 is 3.29 bits per heavy atom. The van der Waals surface area contributed by atoms with E-state index in [9.17, 15) is 0 Å². The standard InChI is InChI=1S/C15H20NO/c1-2-5-14-12-16(9-7-13(14)4-1)10-8-15-6-3-11-17-15/h1,4-5,15H,3,6-12H2. The molecule has 0 N–H and O–H groups in total. The van der Waals surface area contributed by atoms with E-state index in [4.69, 9.17) is 4.74 Å². The fraction of sp³-hybridized carbons (Fsp3) is 0.600. The average Bonchev–Trinajstić information content (AvgIpc) is 2.89. The monoisotopic (exact) mass is 230 g/mol. The molecule has 0 spiro atoms. The lowest BCUT2D eigenvalue weighted by molar-refractivity contribution is 0.0900. The van der Waals surface area contributed by atoms with Crippen LogP contribution < -0.4 is 0 Å². The fourth-order valence-electron chi connectivity index (χ4n) is 2.88. The van der Waals surface area contributed by atoms with Crippen molar-refractivity contribution in [2.75, 3.05) is 19.7 Å². The third kappa shape index (κ3) is 2.70. The Labute approximate surface area is 104 Å². The molecule has 1 aromatic carbocycles. The molecule has 91 valence electrons. The predicted molar refractivity (Wildman–Crippen MR) is 67.9 cm³/mol. The number of rotatable bonds is 3. The van der Waals surface area contributed by atoms with Crippen LogP contribution in [0.1, 0.15) is 30.4 Å². The number of hydrogen-bond acceptors (Lipinski definition) is 2. The molecule has 3 rings (SSSR count). The highest BCUT2D eigenvalue weighted by atomic mass is 16.5. The molecule has 17 heavy (non-hydrogen) atoms. The van der Waals surface area contributed by atoms with Gasteiger partial charge in [0.1, 0.15) is 0 Å². The van der Waals surface area contributed by atoms with Gasteiger partial charge in [-0.25, -0.2) is 0 Å². The first-order chi connectivity index (χ1) is 8.42. The van der Waals surface area contributed by atoms with Gasteiger partial charge in [0.2, 0.25) is 0 Å². The van der Waals surface area contributed by atoms with Crippen molar-refractivity contribution in [2.45, 2.75) is 38.3 Å². The van der Waals surface area contributed by atoms with Crippen molar-refractivity contribution in [2.24, 2.45) is 0 Å². The minimum atomic E-state index is 0.527. The smallest absolute Gasteiger partial charge is 0.0588 e. The summed E-state index contributed by atoms with van der Waals surface area (Å²) in [5, 5.41) is 0. The molecule has 2 nitrogen and oxygen atoms in total. The van der Waals surface area contributed by atoms with Crippen LogP contribution in [-0.2, 0) is 17.7 Å². The van der Waals surface area contributed by atoms with Gasteiger partial charge in [-0.1, -0.05) is 12.1 Å². The SMILES string of the molecule is [c]1ccc2c(c1)CN(CCC1CCCO1)CC2. The van der Waals surface area contributed by atoms with E-state index in [0.29, 0.717) is 6.10 Å². The zero-order valence-electron chi connectivity index (χ0n) is 10.3. The molecule has 1 unspecified atom stereocenters. The van der Waals surface area contributed by atoms with Gasteiger partial charge in [-0.2, -0.15) is 0 Å². The van der Waals surface area contributed by atoms with Gasteiger partial charge in [0.25, 0.3) is 0 Å². The molecular weight excluding hydrogens is 210 g/mol. The van der Waals surface area contributed by atoms with E-state index >= 15 is 0 Å². The van der Waals surface area contributed by atoms with E-state index in [-0.39, 0.29) is 0 Å². The average molecular weight is 230 g/mol. The quantitative estimate of drug-likeness (QED) is 0.790.